The molecule has 0 amide bonds. The summed E-state index contributed by atoms with van der Waals surface area (Å²) in [7, 11) is 1.93. The summed E-state index contributed by atoms with van der Waals surface area (Å²) < 4.78 is 0. The Balaban J connectivity index is 3.24. The van der Waals surface area contributed by atoms with Gasteiger partial charge >= 0.3 is 0 Å². The van der Waals surface area contributed by atoms with Crippen molar-refractivity contribution in [2.24, 2.45) is 0 Å². The summed E-state index contributed by atoms with van der Waals surface area (Å²) in [5.74, 6) is 0. The van der Waals surface area contributed by atoms with E-state index in [4.69, 9.17) is 0 Å². The summed E-state index contributed by atoms with van der Waals surface area (Å²) in [5.41, 5.74) is 4.89. The SMILES string of the molecule is C=C(C)[N-]N(C)CC. The quantitative estimate of drug-likeness (QED) is 0.510. The van der Waals surface area contributed by atoms with E-state index in [1.54, 1.807) is 0 Å². The van der Waals surface area contributed by atoms with E-state index in [0.29, 0.717) is 0 Å². The lowest BCUT2D eigenvalue weighted by molar-refractivity contribution is 0.453. The van der Waals surface area contributed by atoms with Crippen molar-refractivity contribution in [3.05, 3.63) is 17.7 Å². The average Bonchev–Trinajstić information content (AvgIpc) is 1.65. The molecule has 0 aliphatic carbocycles. The molecule has 2 heteroatoms. The monoisotopic (exact) mass is 113 g/mol. The van der Waals surface area contributed by atoms with Crippen molar-refractivity contribution >= 4 is 0 Å². The number of allylic oxidation sites excluding steroid dienone is 1. The molecule has 0 aromatic carbocycles. The molecule has 8 heavy (non-hydrogen) atoms. The van der Waals surface area contributed by atoms with Crippen LogP contribution in [0, 0.1) is 0 Å². The van der Waals surface area contributed by atoms with Crippen LogP contribution >= 0.6 is 0 Å². The highest BCUT2D eigenvalue weighted by atomic mass is 15.5. The molecule has 0 unspecified atom stereocenters. The Bertz CT molecular complexity index is 78.6. The molecule has 0 aliphatic rings. The fourth-order valence-electron chi connectivity index (χ4n) is 0.362. The lowest BCUT2D eigenvalue weighted by Crippen LogP contribution is -2.10. The van der Waals surface area contributed by atoms with E-state index >= 15 is 0 Å². The van der Waals surface area contributed by atoms with E-state index in [-0.39, 0.29) is 0 Å². The zero-order valence-electron chi connectivity index (χ0n) is 5.81. The first-order valence-corrected chi connectivity index (χ1v) is 2.75. The molecule has 0 atom stereocenters. The molecule has 0 aliphatic heterocycles. The minimum atomic E-state index is 0.856. The maximum absolute atomic E-state index is 4.03. The lowest BCUT2D eigenvalue weighted by atomic mass is 10.6. The Labute approximate surface area is 51.2 Å². The molecular formula is C6H13N2-. The van der Waals surface area contributed by atoms with Gasteiger partial charge in [-0.05, 0) is 13.6 Å². The van der Waals surface area contributed by atoms with Crippen LogP contribution in [0.1, 0.15) is 13.8 Å². The van der Waals surface area contributed by atoms with Crippen molar-refractivity contribution in [1.29, 1.82) is 0 Å². The maximum atomic E-state index is 4.03. The second kappa shape index (κ2) is 3.50. The molecule has 0 fully saturated rings. The molecule has 0 saturated heterocycles. The summed E-state index contributed by atoms with van der Waals surface area (Å²) in [4.78, 5) is 0. The first-order valence-electron chi connectivity index (χ1n) is 2.75. The minimum Gasteiger partial charge on any atom is -0.624 e. The first kappa shape index (κ1) is 7.50. The number of nitrogens with zero attached hydrogens (tertiary/aromatic N) is 2. The van der Waals surface area contributed by atoms with Gasteiger partial charge in [0.05, 0.1) is 0 Å². The molecule has 0 aromatic rings. The predicted molar refractivity (Wildman–Crippen MR) is 36.5 cm³/mol. The van der Waals surface area contributed by atoms with Crippen molar-refractivity contribution in [2.45, 2.75) is 13.8 Å². The summed E-state index contributed by atoms with van der Waals surface area (Å²) in [6.07, 6.45) is 0. The molecule has 48 valence electrons. The van der Waals surface area contributed by atoms with Crippen molar-refractivity contribution in [1.82, 2.24) is 5.01 Å². The standard InChI is InChI=1S/C6H13N2/c1-5-8(4)7-6(2)3/h2,5H2,1,3-4H3/q-1. The van der Waals surface area contributed by atoms with Gasteiger partial charge in [-0.15, -0.1) is 6.58 Å². The summed E-state index contributed by atoms with van der Waals surface area (Å²) in [6.45, 7) is 8.50. The molecule has 0 spiro atoms. The van der Waals surface area contributed by atoms with Crippen LogP contribution in [-0.2, 0) is 0 Å². The van der Waals surface area contributed by atoms with Gasteiger partial charge in [0.15, 0.2) is 0 Å². The zero-order chi connectivity index (χ0) is 6.57. The molecule has 2 nitrogen and oxygen atoms in total. The van der Waals surface area contributed by atoms with Crippen LogP contribution in [0.25, 0.3) is 5.43 Å². The van der Waals surface area contributed by atoms with Gasteiger partial charge in [0, 0.05) is 0 Å². The van der Waals surface area contributed by atoms with E-state index in [0.717, 1.165) is 12.2 Å². The highest BCUT2D eigenvalue weighted by molar-refractivity contribution is 5.04. The van der Waals surface area contributed by atoms with E-state index in [2.05, 4.69) is 12.0 Å². The average molecular weight is 113 g/mol. The topological polar surface area (TPSA) is 17.3 Å². The smallest absolute Gasteiger partial charge is 0.0196 e. The largest absolute Gasteiger partial charge is 0.624 e. The van der Waals surface area contributed by atoms with E-state index < -0.39 is 0 Å². The third kappa shape index (κ3) is 3.68. The molecule has 0 rings (SSSR count). The number of rotatable bonds is 3. The van der Waals surface area contributed by atoms with Crippen LogP contribution in [0.5, 0.6) is 0 Å². The van der Waals surface area contributed by atoms with Crippen LogP contribution in [0.2, 0.25) is 0 Å². The lowest BCUT2D eigenvalue weighted by Gasteiger charge is -2.32. The fraction of sp³-hybridized carbons (Fsp3) is 0.667. The van der Waals surface area contributed by atoms with E-state index in [1.807, 2.05) is 25.9 Å². The van der Waals surface area contributed by atoms with Gasteiger partial charge in [-0.2, -0.15) is 5.70 Å². The summed E-state index contributed by atoms with van der Waals surface area (Å²) in [5, 5.41) is 1.85. The Morgan fingerprint density at radius 3 is 2.38 bits per heavy atom. The molecule has 0 heterocycles. The van der Waals surface area contributed by atoms with Crippen LogP contribution in [-0.4, -0.2) is 18.6 Å². The number of hydrogen-bond donors (Lipinski definition) is 0. The van der Waals surface area contributed by atoms with Gasteiger partial charge in [-0.25, -0.2) is 0 Å². The minimum absolute atomic E-state index is 0.856. The molecule has 0 radical (unpaired) electrons. The van der Waals surface area contributed by atoms with Crippen molar-refractivity contribution in [3.8, 4) is 0 Å². The second-order valence-corrected chi connectivity index (χ2v) is 1.81. The molecule has 0 saturated carbocycles. The Morgan fingerprint density at radius 1 is 1.75 bits per heavy atom. The van der Waals surface area contributed by atoms with Gasteiger partial charge in [0.2, 0.25) is 0 Å². The molecule has 0 bridgehead atoms. The van der Waals surface area contributed by atoms with E-state index in [1.165, 1.54) is 0 Å². The molecule has 0 N–H and O–H groups in total. The Morgan fingerprint density at radius 2 is 2.25 bits per heavy atom. The zero-order valence-corrected chi connectivity index (χ0v) is 5.81. The Hall–Kier alpha value is -0.500. The van der Waals surface area contributed by atoms with Crippen molar-refractivity contribution in [2.75, 3.05) is 13.6 Å². The van der Waals surface area contributed by atoms with E-state index in [9.17, 15) is 0 Å². The number of hydrogen-bond acceptors (Lipinski definition) is 1. The highest BCUT2D eigenvalue weighted by Gasteiger charge is 1.73. The Kier molecular flexibility index (Phi) is 3.28. The normalized spacial score (nSPS) is 9.50. The van der Waals surface area contributed by atoms with Crippen molar-refractivity contribution in [3.63, 3.8) is 0 Å². The predicted octanol–water partition coefficient (Wildman–Crippen LogP) is 1.76. The third-order valence-electron chi connectivity index (χ3n) is 0.799. The first-order chi connectivity index (χ1) is 3.66. The molecular weight excluding hydrogens is 100 g/mol. The molecule has 0 aromatic heterocycles. The second-order valence-electron chi connectivity index (χ2n) is 1.81. The van der Waals surface area contributed by atoms with Crippen LogP contribution in [0.4, 0.5) is 0 Å². The highest BCUT2D eigenvalue weighted by Crippen LogP contribution is 2.02. The van der Waals surface area contributed by atoms with Crippen LogP contribution in [0.3, 0.4) is 0 Å². The summed E-state index contributed by atoms with van der Waals surface area (Å²) >= 11 is 0. The summed E-state index contributed by atoms with van der Waals surface area (Å²) in [6, 6.07) is 0. The maximum Gasteiger partial charge on any atom is -0.0196 e. The van der Waals surface area contributed by atoms with Gasteiger partial charge in [-0.1, -0.05) is 13.8 Å². The fourth-order valence-corrected chi connectivity index (χ4v) is 0.362. The van der Waals surface area contributed by atoms with Crippen LogP contribution < -0.4 is 0 Å². The van der Waals surface area contributed by atoms with Gasteiger partial charge in [0.25, 0.3) is 0 Å². The van der Waals surface area contributed by atoms with Crippen LogP contribution in [0.15, 0.2) is 12.3 Å². The third-order valence-corrected chi connectivity index (χ3v) is 0.799. The van der Waals surface area contributed by atoms with Gasteiger partial charge < -0.3 is 10.4 Å². The van der Waals surface area contributed by atoms with Gasteiger partial charge in [0.1, 0.15) is 0 Å². The van der Waals surface area contributed by atoms with Crippen molar-refractivity contribution < 1.29 is 0 Å². The van der Waals surface area contributed by atoms with Gasteiger partial charge in [-0.3, -0.25) is 0 Å².